The first kappa shape index (κ1) is 21.7. The highest BCUT2D eigenvalue weighted by atomic mass is 127. The molecule has 1 aliphatic carbocycles. The number of carbonyl (C=O) groups is 1. The highest BCUT2D eigenvalue weighted by Crippen LogP contribution is 2.41. The van der Waals surface area contributed by atoms with Gasteiger partial charge in [0.1, 0.15) is 5.82 Å². The van der Waals surface area contributed by atoms with Crippen LogP contribution in [0.15, 0.2) is 29.3 Å². The lowest BCUT2D eigenvalue weighted by molar-refractivity contribution is 0.0914. The third-order valence-corrected chi connectivity index (χ3v) is 4.82. The molecule has 150 valence electrons. The second-order valence-electron chi connectivity index (χ2n) is 6.59. The number of benzene rings is 1. The minimum absolute atomic E-state index is 0. The van der Waals surface area contributed by atoms with Crippen molar-refractivity contribution in [3.05, 3.63) is 35.6 Å². The molecule has 2 aliphatic rings. The van der Waals surface area contributed by atoms with Crippen molar-refractivity contribution in [2.45, 2.75) is 32.2 Å². The average Bonchev–Trinajstić information content (AvgIpc) is 3.41. The van der Waals surface area contributed by atoms with E-state index in [1.165, 1.54) is 6.07 Å². The Kier molecular flexibility index (Phi) is 8.12. The molecule has 1 N–H and O–H groups in total. The quantitative estimate of drug-likeness (QED) is 0.401. The van der Waals surface area contributed by atoms with Crippen LogP contribution in [0.1, 0.15) is 31.7 Å². The Morgan fingerprint density at radius 2 is 1.89 bits per heavy atom. The molecule has 0 spiro atoms. The van der Waals surface area contributed by atoms with Crippen LogP contribution in [0.25, 0.3) is 0 Å². The van der Waals surface area contributed by atoms with E-state index in [0.29, 0.717) is 39.3 Å². The van der Waals surface area contributed by atoms with E-state index < -0.39 is 0 Å². The zero-order chi connectivity index (χ0) is 18.5. The summed E-state index contributed by atoms with van der Waals surface area (Å²) in [6.07, 6.45) is 0.655. The molecular weight excluding hydrogens is 462 g/mol. The molecule has 0 bridgehead atoms. The summed E-state index contributed by atoms with van der Waals surface area (Å²) >= 11 is 0. The molecule has 1 saturated carbocycles. The van der Waals surface area contributed by atoms with Crippen LogP contribution < -0.4 is 5.32 Å². The fourth-order valence-corrected chi connectivity index (χ4v) is 3.34. The predicted octanol–water partition coefficient (Wildman–Crippen LogP) is 3.04. The molecule has 1 saturated heterocycles. The number of carbonyl (C=O) groups excluding carboxylic acids is 1. The van der Waals surface area contributed by atoms with Gasteiger partial charge in [-0.15, -0.1) is 24.0 Å². The molecule has 0 aromatic heterocycles. The number of ether oxygens (including phenoxy) is 1. The number of halogens is 2. The van der Waals surface area contributed by atoms with E-state index in [-0.39, 0.29) is 47.8 Å². The Balaban J connectivity index is 0.00000261. The fraction of sp³-hybridized carbons (Fsp3) is 0.579. The van der Waals surface area contributed by atoms with Gasteiger partial charge in [0.15, 0.2) is 5.96 Å². The Morgan fingerprint density at radius 1 is 1.22 bits per heavy atom. The van der Waals surface area contributed by atoms with Crippen molar-refractivity contribution in [3.63, 3.8) is 0 Å². The van der Waals surface area contributed by atoms with Gasteiger partial charge < -0.3 is 19.9 Å². The van der Waals surface area contributed by atoms with Gasteiger partial charge in [-0.2, -0.15) is 0 Å². The summed E-state index contributed by atoms with van der Waals surface area (Å²) in [5, 5.41) is 3.48. The van der Waals surface area contributed by atoms with Gasteiger partial charge in [0, 0.05) is 44.7 Å². The number of hydrogen-bond acceptors (Lipinski definition) is 3. The van der Waals surface area contributed by atoms with Gasteiger partial charge in [-0.05, 0) is 31.9 Å². The fourth-order valence-electron chi connectivity index (χ4n) is 3.34. The summed E-state index contributed by atoms with van der Waals surface area (Å²) in [6, 6.07) is 7.18. The Labute approximate surface area is 177 Å². The standard InChI is InChI=1S/C19H27FN4O2.HI/c1-3-21-18(23-9-11-24(12-10-23)19(25)26-4-2)22-17-13-15(17)14-7-5-6-8-16(14)20;/h5-8,15,17H,3-4,9-13H2,1-2H3,(H,21,22);1H. The summed E-state index contributed by atoms with van der Waals surface area (Å²) in [5.74, 6) is 0.901. The van der Waals surface area contributed by atoms with Crippen molar-refractivity contribution in [2.75, 3.05) is 39.3 Å². The number of piperazine rings is 1. The Bertz CT molecular complexity index is 665. The number of nitrogens with zero attached hydrogens (tertiary/aromatic N) is 3. The van der Waals surface area contributed by atoms with Crippen LogP contribution in [-0.4, -0.2) is 67.2 Å². The first-order valence-corrected chi connectivity index (χ1v) is 9.36. The van der Waals surface area contributed by atoms with Crippen LogP contribution in [0.4, 0.5) is 9.18 Å². The normalized spacial score (nSPS) is 22.1. The molecule has 1 heterocycles. The SMILES string of the molecule is CCN=C(NC1CC1c1ccccc1F)N1CCN(C(=O)OCC)CC1.I. The van der Waals surface area contributed by atoms with Gasteiger partial charge in [-0.1, -0.05) is 18.2 Å². The Morgan fingerprint density at radius 3 is 2.52 bits per heavy atom. The highest BCUT2D eigenvalue weighted by Gasteiger charge is 2.41. The van der Waals surface area contributed by atoms with Crippen molar-refractivity contribution in [3.8, 4) is 0 Å². The van der Waals surface area contributed by atoms with Crippen LogP contribution in [-0.2, 0) is 4.74 Å². The number of guanidine groups is 1. The largest absolute Gasteiger partial charge is 0.450 e. The van der Waals surface area contributed by atoms with E-state index in [2.05, 4.69) is 15.2 Å². The zero-order valence-electron chi connectivity index (χ0n) is 15.9. The maximum atomic E-state index is 14.0. The van der Waals surface area contributed by atoms with Crippen LogP contribution in [0.3, 0.4) is 0 Å². The summed E-state index contributed by atoms with van der Waals surface area (Å²) in [7, 11) is 0. The zero-order valence-corrected chi connectivity index (χ0v) is 18.2. The van der Waals surface area contributed by atoms with E-state index in [1.54, 1.807) is 11.0 Å². The Hall–Kier alpha value is -1.58. The van der Waals surface area contributed by atoms with Crippen molar-refractivity contribution in [1.29, 1.82) is 0 Å². The molecule has 27 heavy (non-hydrogen) atoms. The average molecular weight is 490 g/mol. The molecule has 1 amide bonds. The van der Waals surface area contributed by atoms with Crippen LogP contribution in [0, 0.1) is 5.82 Å². The lowest BCUT2D eigenvalue weighted by Gasteiger charge is -2.36. The van der Waals surface area contributed by atoms with Crippen LogP contribution >= 0.6 is 24.0 Å². The molecule has 3 rings (SSSR count). The van der Waals surface area contributed by atoms with Crippen molar-refractivity contribution in [1.82, 2.24) is 15.1 Å². The predicted molar refractivity (Wildman–Crippen MR) is 114 cm³/mol. The van der Waals surface area contributed by atoms with E-state index in [9.17, 15) is 9.18 Å². The van der Waals surface area contributed by atoms with E-state index in [1.807, 2.05) is 26.0 Å². The first-order chi connectivity index (χ1) is 12.6. The van der Waals surface area contributed by atoms with Gasteiger partial charge in [0.05, 0.1) is 6.61 Å². The van der Waals surface area contributed by atoms with E-state index in [4.69, 9.17) is 4.74 Å². The van der Waals surface area contributed by atoms with Gasteiger partial charge in [0.2, 0.25) is 0 Å². The van der Waals surface area contributed by atoms with Crippen molar-refractivity contribution >= 4 is 36.0 Å². The summed E-state index contributed by atoms with van der Waals surface area (Å²) in [6.45, 7) is 7.53. The number of aliphatic imine (C=N–C) groups is 1. The number of amides is 1. The van der Waals surface area contributed by atoms with Crippen molar-refractivity contribution < 1.29 is 13.9 Å². The van der Waals surface area contributed by atoms with Gasteiger partial charge >= 0.3 is 6.09 Å². The number of nitrogens with one attached hydrogen (secondary N) is 1. The summed E-state index contributed by atoms with van der Waals surface area (Å²) in [5.41, 5.74) is 0.771. The molecule has 8 heteroatoms. The second-order valence-corrected chi connectivity index (χ2v) is 6.59. The molecule has 1 aromatic carbocycles. The second kappa shape index (κ2) is 10.1. The van der Waals surface area contributed by atoms with Gasteiger partial charge in [-0.25, -0.2) is 9.18 Å². The van der Waals surface area contributed by atoms with Crippen LogP contribution in [0.2, 0.25) is 0 Å². The minimum atomic E-state index is -0.254. The molecule has 0 radical (unpaired) electrons. The molecular formula is C19H28FIN4O2. The van der Waals surface area contributed by atoms with Gasteiger partial charge in [0.25, 0.3) is 0 Å². The molecule has 2 fully saturated rings. The van der Waals surface area contributed by atoms with E-state index >= 15 is 0 Å². The maximum Gasteiger partial charge on any atom is 0.409 e. The van der Waals surface area contributed by atoms with E-state index in [0.717, 1.165) is 17.9 Å². The van der Waals surface area contributed by atoms with Crippen molar-refractivity contribution in [2.24, 2.45) is 4.99 Å². The molecule has 1 aliphatic heterocycles. The van der Waals surface area contributed by atoms with Crippen LogP contribution in [0.5, 0.6) is 0 Å². The summed E-state index contributed by atoms with van der Waals surface area (Å²) < 4.78 is 19.0. The van der Waals surface area contributed by atoms with Gasteiger partial charge in [-0.3, -0.25) is 4.99 Å². The number of rotatable bonds is 4. The molecule has 2 atom stereocenters. The lowest BCUT2D eigenvalue weighted by atomic mass is 10.1. The lowest BCUT2D eigenvalue weighted by Crippen LogP contribution is -2.54. The molecule has 1 aromatic rings. The summed E-state index contributed by atoms with van der Waals surface area (Å²) in [4.78, 5) is 20.3. The number of hydrogen-bond donors (Lipinski definition) is 1. The monoisotopic (exact) mass is 490 g/mol. The first-order valence-electron chi connectivity index (χ1n) is 9.36. The topological polar surface area (TPSA) is 57.2 Å². The third kappa shape index (κ3) is 5.46. The maximum absolute atomic E-state index is 14.0. The minimum Gasteiger partial charge on any atom is -0.450 e. The highest BCUT2D eigenvalue weighted by molar-refractivity contribution is 14.0. The third-order valence-electron chi connectivity index (χ3n) is 4.82. The molecule has 6 nitrogen and oxygen atoms in total. The molecule has 2 unspecified atom stereocenters. The smallest absolute Gasteiger partial charge is 0.409 e.